The summed E-state index contributed by atoms with van der Waals surface area (Å²) in [6, 6.07) is 5.19. The van der Waals surface area contributed by atoms with Crippen molar-refractivity contribution in [3.63, 3.8) is 0 Å². The molecule has 1 saturated heterocycles. The van der Waals surface area contributed by atoms with Gasteiger partial charge in [-0.05, 0) is 37.1 Å². The first-order valence-electron chi connectivity index (χ1n) is 6.86. The first-order valence-corrected chi connectivity index (χ1v) is 6.86. The first kappa shape index (κ1) is 14.5. The zero-order chi connectivity index (χ0) is 14.7. The van der Waals surface area contributed by atoms with Crippen molar-refractivity contribution in [3.8, 4) is 0 Å². The largest absolute Gasteiger partial charge is 0.330 e. The Morgan fingerprint density at radius 1 is 1.30 bits per heavy atom. The van der Waals surface area contributed by atoms with Gasteiger partial charge in [-0.15, -0.1) is 0 Å². The van der Waals surface area contributed by atoms with Crippen molar-refractivity contribution in [1.82, 2.24) is 4.90 Å². The summed E-state index contributed by atoms with van der Waals surface area (Å²) in [5.74, 6) is -0.667. The Hall–Kier alpha value is -1.91. The number of carbonyl (C=O) groups is 2. The Balaban J connectivity index is 2.04. The van der Waals surface area contributed by atoms with Gasteiger partial charge in [0.25, 0.3) is 0 Å². The Morgan fingerprint density at radius 3 is 2.55 bits per heavy atom. The van der Waals surface area contributed by atoms with E-state index in [0.717, 1.165) is 6.42 Å². The molecule has 108 valence electrons. The molecular formula is C15H19FN2O2. The molecule has 1 heterocycles. The van der Waals surface area contributed by atoms with E-state index >= 15 is 0 Å². The van der Waals surface area contributed by atoms with Crippen LogP contribution in [0.1, 0.15) is 26.7 Å². The van der Waals surface area contributed by atoms with E-state index < -0.39 is 6.04 Å². The highest BCUT2D eigenvalue weighted by molar-refractivity contribution is 5.97. The third-order valence-corrected chi connectivity index (χ3v) is 3.44. The Labute approximate surface area is 118 Å². The Morgan fingerprint density at radius 2 is 1.95 bits per heavy atom. The molecule has 0 aliphatic carbocycles. The molecule has 0 spiro atoms. The number of halogens is 1. The predicted octanol–water partition coefficient (Wildman–Crippen LogP) is 2.41. The van der Waals surface area contributed by atoms with Gasteiger partial charge in [-0.25, -0.2) is 4.39 Å². The SMILES string of the molecule is CC(C)C(=O)N1CCC[C@@H]1C(=O)Nc1ccc(F)cc1. The Kier molecular flexibility index (Phi) is 4.37. The molecule has 1 aliphatic rings. The lowest BCUT2D eigenvalue weighted by Gasteiger charge is -2.25. The van der Waals surface area contributed by atoms with E-state index in [1.165, 1.54) is 24.3 Å². The second-order valence-corrected chi connectivity index (χ2v) is 5.34. The fourth-order valence-corrected chi connectivity index (χ4v) is 2.39. The van der Waals surface area contributed by atoms with Gasteiger partial charge < -0.3 is 10.2 Å². The van der Waals surface area contributed by atoms with Gasteiger partial charge in [-0.3, -0.25) is 9.59 Å². The van der Waals surface area contributed by atoms with Crippen molar-refractivity contribution in [2.24, 2.45) is 5.92 Å². The minimum Gasteiger partial charge on any atom is -0.330 e. The third kappa shape index (κ3) is 3.15. The summed E-state index contributed by atoms with van der Waals surface area (Å²) in [6.07, 6.45) is 1.51. The third-order valence-electron chi connectivity index (χ3n) is 3.44. The summed E-state index contributed by atoms with van der Waals surface area (Å²) in [4.78, 5) is 25.9. The van der Waals surface area contributed by atoms with E-state index in [4.69, 9.17) is 0 Å². The average molecular weight is 278 g/mol. The zero-order valence-electron chi connectivity index (χ0n) is 11.7. The molecule has 1 aromatic carbocycles. The maximum Gasteiger partial charge on any atom is 0.247 e. The van der Waals surface area contributed by atoms with Crippen LogP contribution in [0, 0.1) is 11.7 Å². The van der Waals surface area contributed by atoms with E-state index in [9.17, 15) is 14.0 Å². The van der Waals surface area contributed by atoms with Crippen LogP contribution in [0.4, 0.5) is 10.1 Å². The van der Waals surface area contributed by atoms with Gasteiger partial charge in [0.2, 0.25) is 11.8 Å². The van der Waals surface area contributed by atoms with E-state index in [0.29, 0.717) is 18.7 Å². The maximum absolute atomic E-state index is 12.8. The fraction of sp³-hybridized carbons (Fsp3) is 0.467. The van der Waals surface area contributed by atoms with Crippen LogP contribution in [0.25, 0.3) is 0 Å². The highest BCUT2D eigenvalue weighted by atomic mass is 19.1. The van der Waals surface area contributed by atoms with Gasteiger partial charge in [0, 0.05) is 18.2 Å². The van der Waals surface area contributed by atoms with Crippen LogP contribution in [-0.2, 0) is 9.59 Å². The lowest BCUT2D eigenvalue weighted by molar-refractivity contribution is -0.139. The Bertz CT molecular complexity index is 499. The van der Waals surface area contributed by atoms with Crippen LogP contribution < -0.4 is 5.32 Å². The van der Waals surface area contributed by atoms with Crippen LogP contribution in [0.2, 0.25) is 0 Å². The van der Waals surface area contributed by atoms with Gasteiger partial charge in [0.05, 0.1) is 0 Å². The molecule has 1 aliphatic heterocycles. The van der Waals surface area contributed by atoms with Gasteiger partial charge in [0.1, 0.15) is 11.9 Å². The molecule has 5 heteroatoms. The van der Waals surface area contributed by atoms with Gasteiger partial charge in [0.15, 0.2) is 0 Å². The number of amides is 2. The van der Waals surface area contributed by atoms with Crippen LogP contribution >= 0.6 is 0 Å². The lowest BCUT2D eigenvalue weighted by Crippen LogP contribution is -2.44. The summed E-state index contributed by atoms with van der Waals surface area (Å²) in [7, 11) is 0. The summed E-state index contributed by atoms with van der Waals surface area (Å²) in [5, 5.41) is 2.74. The van der Waals surface area contributed by atoms with Crippen LogP contribution in [0.5, 0.6) is 0 Å². The molecule has 1 atom stereocenters. The van der Waals surface area contributed by atoms with Crippen molar-refractivity contribution in [2.45, 2.75) is 32.7 Å². The molecule has 4 nitrogen and oxygen atoms in total. The summed E-state index contributed by atoms with van der Waals surface area (Å²) in [5.41, 5.74) is 0.542. The number of nitrogens with zero attached hydrogens (tertiary/aromatic N) is 1. The van der Waals surface area contributed by atoms with Gasteiger partial charge in [-0.2, -0.15) is 0 Å². The van der Waals surface area contributed by atoms with Crippen molar-refractivity contribution < 1.29 is 14.0 Å². The molecule has 1 fully saturated rings. The second-order valence-electron chi connectivity index (χ2n) is 5.34. The molecular weight excluding hydrogens is 259 g/mol. The molecule has 0 saturated carbocycles. The summed E-state index contributed by atoms with van der Waals surface area (Å²) < 4.78 is 12.8. The monoisotopic (exact) mass is 278 g/mol. The molecule has 0 aromatic heterocycles. The molecule has 0 unspecified atom stereocenters. The standard InChI is InChI=1S/C15H19FN2O2/c1-10(2)15(20)18-9-3-4-13(18)14(19)17-12-7-5-11(16)6-8-12/h5-8,10,13H,3-4,9H2,1-2H3,(H,17,19)/t13-/m1/s1. The zero-order valence-corrected chi connectivity index (χ0v) is 11.7. The van der Waals surface area contributed by atoms with Crippen molar-refractivity contribution in [1.29, 1.82) is 0 Å². The second kappa shape index (κ2) is 6.03. The molecule has 0 bridgehead atoms. The molecule has 0 radical (unpaired) electrons. The number of anilines is 1. The number of hydrogen-bond acceptors (Lipinski definition) is 2. The predicted molar refractivity (Wildman–Crippen MR) is 74.6 cm³/mol. The minimum atomic E-state index is -0.421. The number of rotatable bonds is 3. The average Bonchev–Trinajstić information content (AvgIpc) is 2.89. The van der Waals surface area contributed by atoms with Gasteiger partial charge in [-0.1, -0.05) is 13.8 Å². The quantitative estimate of drug-likeness (QED) is 0.923. The van der Waals surface area contributed by atoms with Crippen molar-refractivity contribution in [2.75, 3.05) is 11.9 Å². The molecule has 1 N–H and O–H groups in total. The number of likely N-dealkylation sites (tertiary alicyclic amines) is 1. The summed E-state index contributed by atoms with van der Waals surface area (Å²) in [6.45, 7) is 4.28. The highest BCUT2D eigenvalue weighted by Crippen LogP contribution is 2.21. The number of carbonyl (C=O) groups excluding carboxylic acids is 2. The van der Waals surface area contributed by atoms with E-state index in [-0.39, 0.29) is 23.5 Å². The van der Waals surface area contributed by atoms with Crippen LogP contribution in [0.15, 0.2) is 24.3 Å². The molecule has 2 amide bonds. The van der Waals surface area contributed by atoms with Crippen LogP contribution in [0.3, 0.4) is 0 Å². The van der Waals surface area contributed by atoms with Gasteiger partial charge >= 0.3 is 0 Å². The topological polar surface area (TPSA) is 49.4 Å². The van der Waals surface area contributed by atoms with Crippen LogP contribution in [-0.4, -0.2) is 29.3 Å². The van der Waals surface area contributed by atoms with E-state index in [1.807, 2.05) is 13.8 Å². The molecule has 20 heavy (non-hydrogen) atoms. The number of benzene rings is 1. The van der Waals surface area contributed by atoms with E-state index in [1.54, 1.807) is 4.90 Å². The fourth-order valence-electron chi connectivity index (χ4n) is 2.39. The number of hydrogen-bond donors (Lipinski definition) is 1. The van der Waals surface area contributed by atoms with Crippen molar-refractivity contribution in [3.05, 3.63) is 30.1 Å². The number of nitrogens with one attached hydrogen (secondary N) is 1. The molecule has 2 rings (SSSR count). The maximum atomic E-state index is 12.8. The lowest BCUT2D eigenvalue weighted by atomic mass is 10.1. The highest BCUT2D eigenvalue weighted by Gasteiger charge is 2.34. The smallest absolute Gasteiger partial charge is 0.247 e. The first-order chi connectivity index (χ1) is 9.49. The summed E-state index contributed by atoms with van der Waals surface area (Å²) >= 11 is 0. The normalized spacial score (nSPS) is 18.4. The van der Waals surface area contributed by atoms with Crippen molar-refractivity contribution >= 4 is 17.5 Å². The van der Waals surface area contributed by atoms with E-state index in [2.05, 4.69) is 5.32 Å². The minimum absolute atomic E-state index is 0.00163. The molecule has 1 aromatic rings.